The number of amides is 1. The van der Waals surface area contributed by atoms with Crippen molar-refractivity contribution in [1.82, 2.24) is 5.32 Å². The lowest BCUT2D eigenvalue weighted by Crippen LogP contribution is -2.61. The number of carbonyl (C=O) groups is 2. The first-order valence-electron chi connectivity index (χ1n) is 30.6. The van der Waals surface area contributed by atoms with E-state index in [1.54, 1.807) is 6.08 Å². The monoisotopic (exact) mass is 1040 g/mol. The topological polar surface area (TPSA) is 175 Å². The van der Waals surface area contributed by atoms with Gasteiger partial charge in [-0.1, -0.05) is 248 Å². The molecule has 0 saturated carbocycles. The van der Waals surface area contributed by atoms with Crippen LogP contribution in [0.1, 0.15) is 265 Å². The fourth-order valence-electron chi connectivity index (χ4n) is 9.35. The number of nitrogens with one attached hydrogen (secondary N) is 1. The molecule has 8 unspecified atom stereocenters. The van der Waals surface area contributed by atoms with Gasteiger partial charge in [-0.2, -0.15) is 0 Å². The Morgan fingerprint density at radius 2 is 0.986 bits per heavy atom. The van der Waals surface area contributed by atoms with Crippen LogP contribution in [-0.4, -0.2) is 99.6 Å². The quantitative estimate of drug-likeness (QED) is 0.0149. The normalized spacial score (nSPS) is 19.7. The average Bonchev–Trinajstić information content (AvgIpc) is 3.40. The van der Waals surface area contributed by atoms with Gasteiger partial charge in [0.25, 0.3) is 0 Å². The Labute approximate surface area is 452 Å². The molecule has 1 heterocycles. The van der Waals surface area contributed by atoms with Crippen LogP contribution in [0.25, 0.3) is 0 Å². The Bertz CT molecular complexity index is 1430. The number of unbranched alkanes of at least 4 members (excludes halogenated alkanes) is 31. The van der Waals surface area contributed by atoms with Gasteiger partial charge in [0.1, 0.15) is 24.4 Å². The zero-order valence-corrected chi connectivity index (χ0v) is 47.5. The zero-order chi connectivity index (χ0) is 54.0. The predicted octanol–water partition coefficient (Wildman–Crippen LogP) is 14.2. The van der Waals surface area contributed by atoms with Crippen LogP contribution >= 0.6 is 0 Å². The standard InChI is InChI=1S/C63H113NO10/c1-4-7-10-13-16-19-22-25-26-27-28-29-30-31-32-33-36-39-42-45-48-51-58(68)74-61-60(70)59(69)57(52-65)73-63(61)72-53-54(55(66)49-46-43-40-37-34-23-20-17-14-11-8-5-2)64-62(71)56(67)50-47-44-41-38-35-24-21-18-15-12-9-6-3/h9,12,15,18,21,24-26,46,49,54-57,59-61,63,65-67,69-70H,4-8,10-11,13-14,16-17,19-20,22-23,27-45,47-48,50-53H2,1-3H3,(H,64,71)/b12-9+,18-15+,24-21-,26-25+,49-46+. The molecule has 0 bridgehead atoms. The molecular weight excluding hydrogens is 931 g/mol. The van der Waals surface area contributed by atoms with Crippen molar-refractivity contribution < 1.29 is 49.3 Å². The van der Waals surface area contributed by atoms with Crippen LogP contribution in [-0.2, 0) is 23.8 Å². The van der Waals surface area contributed by atoms with Gasteiger partial charge in [-0.3, -0.25) is 9.59 Å². The summed E-state index contributed by atoms with van der Waals surface area (Å²) in [4.78, 5) is 26.5. The number of hydrogen-bond donors (Lipinski definition) is 6. The molecule has 74 heavy (non-hydrogen) atoms. The minimum absolute atomic E-state index is 0.120. The van der Waals surface area contributed by atoms with E-state index < -0.39 is 67.4 Å². The molecule has 0 aromatic carbocycles. The summed E-state index contributed by atoms with van der Waals surface area (Å²) >= 11 is 0. The van der Waals surface area contributed by atoms with Gasteiger partial charge < -0.3 is 45.1 Å². The van der Waals surface area contributed by atoms with Crippen LogP contribution in [0, 0.1) is 0 Å². The molecule has 6 N–H and O–H groups in total. The lowest BCUT2D eigenvalue weighted by Gasteiger charge is -2.41. The number of hydrogen-bond acceptors (Lipinski definition) is 10. The first-order chi connectivity index (χ1) is 36.2. The highest BCUT2D eigenvalue weighted by atomic mass is 16.7. The minimum atomic E-state index is -1.62. The van der Waals surface area contributed by atoms with Crippen molar-refractivity contribution in [1.29, 1.82) is 0 Å². The Hall–Kier alpha value is -2.64. The predicted molar refractivity (Wildman–Crippen MR) is 306 cm³/mol. The largest absolute Gasteiger partial charge is 0.454 e. The van der Waals surface area contributed by atoms with E-state index in [0.717, 1.165) is 70.6 Å². The second-order valence-electron chi connectivity index (χ2n) is 21.1. The summed E-state index contributed by atoms with van der Waals surface area (Å²) in [7, 11) is 0. The van der Waals surface area contributed by atoms with E-state index in [9.17, 15) is 35.1 Å². The van der Waals surface area contributed by atoms with Crippen molar-refractivity contribution in [2.24, 2.45) is 0 Å². The third-order valence-corrected chi connectivity index (χ3v) is 14.2. The number of rotatable bonds is 51. The molecule has 11 heteroatoms. The van der Waals surface area contributed by atoms with E-state index in [-0.39, 0.29) is 19.4 Å². The summed E-state index contributed by atoms with van der Waals surface area (Å²) in [5.74, 6) is -1.21. The van der Waals surface area contributed by atoms with Crippen molar-refractivity contribution >= 4 is 11.9 Å². The van der Waals surface area contributed by atoms with Crippen molar-refractivity contribution in [3.63, 3.8) is 0 Å². The molecule has 11 nitrogen and oxygen atoms in total. The summed E-state index contributed by atoms with van der Waals surface area (Å²) in [6.07, 6.45) is 52.7. The molecule has 8 atom stereocenters. The van der Waals surface area contributed by atoms with Crippen molar-refractivity contribution in [2.45, 2.75) is 314 Å². The summed E-state index contributed by atoms with van der Waals surface area (Å²) < 4.78 is 17.6. The van der Waals surface area contributed by atoms with E-state index in [1.807, 2.05) is 30.4 Å². The smallest absolute Gasteiger partial charge is 0.306 e. The number of allylic oxidation sites excluding steroid dienone is 9. The first kappa shape index (κ1) is 69.4. The van der Waals surface area contributed by atoms with Gasteiger partial charge in [-0.15, -0.1) is 0 Å². The van der Waals surface area contributed by atoms with Crippen LogP contribution < -0.4 is 5.32 Å². The van der Waals surface area contributed by atoms with Gasteiger partial charge in [0.05, 0.1) is 25.4 Å². The SMILES string of the molecule is CC/C=C/C=C/C=C\CCCCCCC(O)C(=O)NC(COC1OC(CO)C(O)C(O)C1OC(=O)CCCCCCCCCCCCC/C=C/CCCCCCCC)C(O)/C=C/CCCCCCCCCCCC. The minimum Gasteiger partial charge on any atom is -0.454 e. The van der Waals surface area contributed by atoms with Crippen molar-refractivity contribution in [3.05, 3.63) is 60.8 Å². The van der Waals surface area contributed by atoms with Crippen molar-refractivity contribution in [2.75, 3.05) is 13.2 Å². The second kappa shape index (κ2) is 51.1. The maximum absolute atomic E-state index is 13.4. The van der Waals surface area contributed by atoms with Gasteiger partial charge in [-0.25, -0.2) is 0 Å². The molecule has 1 fully saturated rings. The Morgan fingerprint density at radius 3 is 1.49 bits per heavy atom. The van der Waals surface area contributed by atoms with Crippen LogP contribution in [0.2, 0.25) is 0 Å². The number of aliphatic hydroxyl groups is 5. The Morgan fingerprint density at radius 1 is 0.541 bits per heavy atom. The molecule has 0 aromatic rings. The van der Waals surface area contributed by atoms with Crippen LogP contribution in [0.3, 0.4) is 0 Å². The Kier molecular flexibility index (Phi) is 47.9. The lowest BCUT2D eigenvalue weighted by atomic mass is 9.99. The van der Waals surface area contributed by atoms with Crippen molar-refractivity contribution in [3.8, 4) is 0 Å². The van der Waals surface area contributed by atoms with Gasteiger partial charge >= 0.3 is 5.97 Å². The maximum atomic E-state index is 13.4. The number of aliphatic hydroxyl groups excluding tert-OH is 5. The highest BCUT2D eigenvalue weighted by molar-refractivity contribution is 5.80. The van der Waals surface area contributed by atoms with Gasteiger partial charge in [0.15, 0.2) is 12.4 Å². The molecule has 1 rings (SSSR count). The van der Waals surface area contributed by atoms with Crippen LogP contribution in [0.5, 0.6) is 0 Å². The molecule has 0 aromatic heterocycles. The van der Waals surface area contributed by atoms with Crippen LogP contribution in [0.15, 0.2) is 60.8 Å². The van der Waals surface area contributed by atoms with E-state index in [1.165, 1.54) is 148 Å². The molecule has 0 aliphatic carbocycles. The summed E-state index contributed by atoms with van der Waals surface area (Å²) in [5.41, 5.74) is 0. The zero-order valence-electron chi connectivity index (χ0n) is 47.5. The summed E-state index contributed by atoms with van der Waals surface area (Å²) in [6, 6.07) is -1.03. The van der Waals surface area contributed by atoms with Gasteiger partial charge in [0.2, 0.25) is 5.91 Å². The third-order valence-electron chi connectivity index (χ3n) is 14.2. The van der Waals surface area contributed by atoms with E-state index in [4.69, 9.17) is 14.2 Å². The average molecular weight is 1040 g/mol. The fourth-order valence-corrected chi connectivity index (χ4v) is 9.35. The van der Waals surface area contributed by atoms with Gasteiger partial charge in [-0.05, 0) is 70.6 Å². The lowest BCUT2D eigenvalue weighted by molar-refractivity contribution is -0.305. The number of ether oxygens (including phenoxy) is 3. The molecule has 1 aliphatic rings. The molecule has 0 radical (unpaired) electrons. The fraction of sp³-hybridized carbons (Fsp3) is 0.810. The molecule has 0 spiro atoms. The first-order valence-corrected chi connectivity index (χ1v) is 30.6. The highest BCUT2D eigenvalue weighted by Crippen LogP contribution is 2.26. The molecule has 1 aliphatic heterocycles. The highest BCUT2D eigenvalue weighted by Gasteiger charge is 2.47. The van der Waals surface area contributed by atoms with E-state index >= 15 is 0 Å². The number of esters is 1. The van der Waals surface area contributed by atoms with E-state index in [2.05, 4.69) is 50.4 Å². The third kappa shape index (κ3) is 38.8. The second-order valence-corrected chi connectivity index (χ2v) is 21.1. The van der Waals surface area contributed by atoms with Gasteiger partial charge in [0, 0.05) is 6.42 Å². The number of carbonyl (C=O) groups excluding carboxylic acids is 2. The summed E-state index contributed by atoms with van der Waals surface area (Å²) in [5, 5.41) is 56.8. The van der Waals surface area contributed by atoms with Crippen LogP contribution in [0.4, 0.5) is 0 Å². The molecule has 430 valence electrons. The van der Waals surface area contributed by atoms with E-state index in [0.29, 0.717) is 12.8 Å². The molecule has 1 saturated heterocycles. The molecular formula is C63H113NO10. The summed E-state index contributed by atoms with van der Waals surface area (Å²) in [6.45, 7) is 5.63. The Balaban J connectivity index is 2.65. The maximum Gasteiger partial charge on any atom is 0.306 e. The molecule has 1 amide bonds.